The highest BCUT2D eigenvalue weighted by atomic mass is 32.2. The first-order chi connectivity index (χ1) is 14.3. The van der Waals surface area contributed by atoms with E-state index in [4.69, 9.17) is 4.74 Å². The first kappa shape index (κ1) is 21.3. The van der Waals surface area contributed by atoms with E-state index < -0.39 is 15.8 Å². The molecule has 3 aromatic rings. The first-order valence-electron chi connectivity index (χ1n) is 9.05. The molecular formula is C22H21FN2O4S. The van der Waals surface area contributed by atoms with E-state index in [2.05, 4.69) is 4.72 Å². The largest absolute Gasteiger partial charge is 0.497 e. The lowest BCUT2D eigenvalue weighted by atomic mass is 10.1. The normalized spacial score (nSPS) is 11.0. The second kappa shape index (κ2) is 8.96. The van der Waals surface area contributed by atoms with E-state index in [1.807, 2.05) is 24.3 Å². The molecule has 3 rings (SSSR count). The maximum absolute atomic E-state index is 13.0. The van der Waals surface area contributed by atoms with E-state index in [0.717, 1.165) is 23.4 Å². The molecule has 1 amide bonds. The third-order valence-corrected chi connectivity index (χ3v) is 5.83. The van der Waals surface area contributed by atoms with Crippen LogP contribution in [0.3, 0.4) is 0 Å². The second-order valence-electron chi connectivity index (χ2n) is 6.65. The van der Waals surface area contributed by atoms with E-state index in [-0.39, 0.29) is 10.8 Å². The molecule has 3 aromatic carbocycles. The van der Waals surface area contributed by atoms with Gasteiger partial charge in [0, 0.05) is 24.8 Å². The van der Waals surface area contributed by atoms with Gasteiger partial charge < -0.3 is 9.64 Å². The van der Waals surface area contributed by atoms with Crippen molar-refractivity contribution in [2.24, 2.45) is 0 Å². The molecule has 8 heteroatoms. The summed E-state index contributed by atoms with van der Waals surface area (Å²) < 4.78 is 45.3. The molecule has 0 atom stereocenters. The van der Waals surface area contributed by atoms with Crippen LogP contribution < -0.4 is 9.46 Å². The standard InChI is InChI=1S/C22H21FN2O4S/c1-25(15-16-3-11-20(29-2)12-4-16)22(26)17-5-9-19(10-6-17)24-30(27,28)21-13-7-18(23)8-14-21/h3-14,24H,15H2,1-2H3. The first-order valence-corrected chi connectivity index (χ1v) is 10.5. The number of nitrogens with one attached hydrogen (secondary N) is 1. The molecule has 0 unspecified atom stereocenters. The molecule has 0 fully saturated rings. The van der Waals surface area contributed by atoms with Gasteiger partial charge in [-0.3, -0.25) is 9.52 Å². The van der Waals surface area contributed by atoms with Gasteiger partial charge in [0.1, 0.15) is 11.6 Å². The molecule has 0 aliphatic rings. The molecule has 0 bridgehead atoms. The number of carbonyl (C=O) groups excluding carboxylic acids is 1. The third-order valence-electron chi connectivity index (χ3n) is 4.43. The topological polar surface area (TPSA) is 75.7 Å². The number of ether oxygens (including phenoxy) is 1. The minimum Gasteiger partial charge on any atom is -0.497 e. The molecule has 0 aliphatic heterocycles. The minimum atomic E-state index is -3.85. The average Bonchev–Trinajstić information content (AvgIpc) is 2.74. The molecule has 0 saturated carbocycles. The summed E-state index contributed by atoms with van der Waals surface area (Å²) in [6, 6.07) is 18.1. The Morgan fingerprint density at radius 2 is 1.57 bits per heavy atom. The van der Waals surface area contributed by atoms with E-state index >= 15 is 0 Å². The Morgan fingerprint density at radius 3 is 2.13 bits per heavy atom. The number of methoxy groups -OCH3 is 1. The van der Waals surface area contributed by atoms with Crippen LogP contribution >= 0.6 is 0 Å². The maximum Gasteiger partial charge on any atom is 0.261 e. The van der Waals surface area contributed by atoms with Gasteiger partial charge in [-0.2, -0.15) is 0 Å². The van der Waals surface area contributed by atoms with Gasteiger partial charge in [-0.25, -0.2) is 12.8 Å². The van der Waals surface area contributed by atoms with Crippen molar-refractivity contribution in [3.63, 3.8) is 0 Å². The quantitative estimate of drug-likeness (QED) is 0.619. The fourth-order valence-corrected chi connectivity index (χ4v) is 3.86. The Labute approximate surface area is 175 Å². The highest BCUT2D eigenvalue weighted by molar-refractivity contribution is 7.92. The fourth-order valence-electron chi connectivity index (χ4n) is 2.81. The molecule has 0 heterocycles. The van der Waals surface area contributed by atoms with E-state index in [0.29, 0.717) is 17.8 Å². The molecule has 0 radical (unpaired) electrons. The Balaban J connectivity index is 1.66. The van der Waals surface area contributed by atoms with Crippen LogP contribution in [0.5, 0.6) is 5.75 Å². The summed E-state index contributed by atoms with van der Waals surface area (Å²) in [5.74, 6) is 0.0285. The number of sulfonamides is 1. The van der Waals surface area contributed by atoms with Crippen LogP contribution in [0.25, 0.3) is 0 Å². The predicted molar refractivity (Wildman–Crippen MR) is 112 cm³/mol. The van der Waals surface area contributed by atoms with Gasteiger partial charge in [0.05, 0.1) is 12.0 Å². The van der Waals surface area contributed by atoms with Crippen molar-refractivity contribution in [3.05, 3.63) is 89.7 Å². The number of hydrogen-bond donors (Lipinski definition) is 1. The van der Waals surface area contributed by atoms with Gasteiger partial charge in [-0.15, -0.1) is 0 Å². The molecule has 0 saturated heterocycles. The zero-order valence-corrected chi connectivity index (χ0v) is 17.3. The maximum atomic E-state index is 13.0. The van der Waals surface area contributed by atoms with Crippen molar-refractivity contribution in [1.29, 1.82) is 0 Å². The molecule has 0 aliphatic carbocycles. The summed E-state index contributed by atoms with van der Waals surface area (Å²) in [5.41, 5.74) is 1.68. The summed E-state index contributed by atoms with van der Waals surface area (Å²) in [5, 5.41) is 0. The number of benzene rings is 3. The molecule has 30 heavy (non-hydrogen) atoms. The van der Waals surface area contributed by atoms with Crippen molar-refractivity contribution in [1.82, 2.24) is 4.90 Å². The summed E-state index contributed by atoms with van der Waals surface area (Å²) >= 11 is 0. The van der Waals surface area contributed by atoms with Crippen LogP contribution in [0.4, 0.5) is 10.1 Å². The van der Waals surface area contributed by atoms with Gasteiger partial charge in [0.25, 0.3) is 15.9 Å². The van der Waals surface area contributed by atoms with Gasteiger partial charge in [0.2, 0.25) is 0 Å². The molecular weight excluding hydrogens is 407 g/mol. The predicted octanol–water partition coefficient (Wildman–Crippen LogP) is 3.91. The number of carbonyl (C=O) groups is 1. The Hall–Kier alpha value is -3.39. The zero-order chi connectivity index (χ0) is 21.7. The van der Waals surface area contributed by atoms with Crippen molar-refractivity contribution in [2.75, 3.05) is 18.9 Å². The number of hydrogen-bond acceptors (Lipinski definition) is 4. The number of rotatable bonds is 7. The lowest BCUT2D eigenvalue weighted by molar-refractivity contribution is 0.0785. The minimum absolute atomic E-state index is 0.0525. The zero-order valence-electron chi connectivity index (χ0n) is 16.5. The SMILES string of the molecule is COc1ccc(CN(C)C(=O)c2ccc(NS(=O)(=O)c3ccc(F)cc3)cc2)cc1. The number of nitrogens with zero attached hydrogens (tertiary/aromatic N) is 1. The van der Waals surface area contributed by atoms with Crippen molar-refractivity contribution < 1.29 is 22.3 Å². The average molecular weight is 428 g/mol. The van der Waals surface area contributed by atoms with E-state index in [1.165, 1.54) is 24.3 Å². The van der Waals surface area contributed by atoms with Crippen LogP contribution in [-0.4, -0.2) is 33.4 Å². The van der Waals surface area contributed by atoms with Crippen molar-refractivity contribution in [3.8, 4) is 5.75 Å². The lowest BCUT2D eigenvalue weighted by Gasteiger charge is -2.18. The Morgan fingerprint density at radius 1 is 0.967 bits per heavy atom. The van der Waals surface area contributed by atoms with Gasteiger partial charge in [-0.1, -0.05) is 12.1 Å². The monoisotopic (exact) mass is 428 g/mol. The lowest BCUT2D eigenvalue weighted by Crippen LogP contribution is -2.26. The van der Waals surface area contributed by atoms with Crippen LogP contribution in [0.1, 0.15) is 15.9 Å². The van der Waals surface area contributed by atoms with Gasteiger partial charge >= 0.3 is 0 Å². The van der Waals surface area contributed by atoms with Crippen molar-refractivity contribution >= 4 is 21.6 Å². The fraction of sp³-hybridized carbons (Fsp3) is 0.136. The molecule has 156 valence electrons. The number of amides is 1. The van der Waals surface area contributed by atoms with Gasteiger partial charge in [0.15, 0.2) is 0 Å². The summed E-state index contributed by atoms with van der Waals surface area (Å²) in [6.45, 7) is 0.418. The Kier molecular flexibility index (Phi) is 6.37. The van der Waals surface area contributed by atoms with Crippen LogP contribution in [0.15, 0.2) is 77.7 Å². The van der Waals surface area contributed by atoms with Crippen LogP contribution in [0.2, 0.25) is 0 Å². The summed E-state index contributed by atoms with van der Waals surface area (Å²) in [4.78, 5) is 14.2. The molecule has 1 N–H and O–H groups in total. The highest BCUT2D eigenvalue weighted by Crippen LogP contribution is 2.18. The van der Waals surface area contributed by atoms with Crippen LogP contribution in [-0.2, 0) is 16.6 Å². The van der Waals surface area contributed by atoms with Gasteiger partial charge in [-0.05, 0) is 66.2 Å². The highest BCUT2D eigenvalue weighted by Gasteiger charge is 2.16. The second-order valence-corrected chi connectivity index (χ2v) is 8.33. The summed E-state index contributed by atoms with van der Waals surface area (Å²) in [6.07, 6.45) is 0. The van der Waals surface area contributed by atoms with E-state index in [1.54, 1.807) is 31.2 Å². The number of anilines is 1. The van der Waals surface area contributed by atoms with Crippen molar-refractivity contribution in [2.45, 2.75) is 11.4 Å². The number of halogens is 1. The summed E-state index contributed by atoms with van der Waals surface area (Å²) in [7, 11) is -0.565. The molecule has 6 nitrogen and oxygen atoms in total. The smallest absolute Gasteiger partial charge is 0.261 e. The third kappa shape index (κ3) is 5.15. The van der Waals surface area contributed by atoms with E-state index in [9.17, 15) is 17.6 Å². The Bertz CT molecular complexity index is 1110. The van der Waals surface area contributed by atoms with Crippen LogP contribution in [0, 0.1) is 5.82 Å². The molecule has 0 aromatic heterocycles. The molecule has 0 spiro atoms.